The molecule has 1 amide bonds. The highest BCUT2D eigenvalue weighted by molar-refractivity contribution is 7.89. The first-order chi connectivity index (χ1) is 16.9. The van der Waals surface area contributed by atoms with Crippen LogP contribution in [0.4, 0.5) is 0 Å². The first kappa shape index (κ1) is 30.5. The van der Waals surface area contributed by atoms with Crippen molar-refractivity contribution in [3.63, 3.8) is 0 Å². The van der Waals surface area contributed by atoms with E-state index in [1.54, 1.807) is 38.0 Å². The second kappa shape index (κ2) is 13.7. The predicted molar refractivity (Wildman–Crippen MR) is 143 cm³/mol. The van der Waals surface area contributed by atoms with Crippen molar-refractivity contribution in [2.75, 3.05) is 81.7 Å². The van der Waals surface area contributed by atoms with Crippen LogP contribution in [0, 0.1) is 19.8 Å². The molecule has 2 atom stereocenters. The van der Waals surface area contributed by atoms with Gasteiger partial charge in [0.15, 0.2) is 0 Å². The summed E-state index contributed by atoms with van der Waals surface area (Å²) in [7, 11) is 7.59. The molecule has 0 heterocycles. The van der Waals surface area contributed by atoms with Crippen LogP contribution in [-0.4, -0.2) is 121 Å². The number of rotatable bonds is 14. The standard InChI is InChI=1S/C26H46N4O5S/c1-20-15-24(34-8)16-21(2)26(20)36(32,33)30(7)13-14-35-19-25(31)29(6)18-22-9-10-23(17-22)28(5)12-11-27(3)4/h15-16,22-23H,9-14,17-19H2,1-8H3/t22?,23-/m0/s1. The molecule has 0 aromatic heterocycles. The molecule has 1 aliphatic carbocycles. The Kier molecular flexibility index (Phi) is 11.6. The minimum absolute atomic E-state index is 0.0517. The van der Waals surface area contributed by atoms with E-state index in [0.29, 0.717) is 28.8 Å². The minimum Gasteiger partial charge on any atom is -0.497 e. The lowest BCUT2D eigenvalue weighted by Gasteiger charge is -2.26. The van der Waals surface area contributed by atoms with E-state index in [0.717, 1.165) is 32.5 Å². The zero-order chi connectivity index (χ0) is 27.0. The van der Waals surface area contributed by atoms with Crippen LogP contribution in [0.2, 0.25) is 0 Å². The molecule has 1 saturated carbocycles. The maximum atomic E-state index is 13.1. The lowest BCUT2D eigenvalue weighted by molar-refractivity contribution is -0.135. The molecule has 1 aromatic carbocycles. The third-order valence-electron chi connectivity index (χ3n) is 7.11. The molecule has 1 aromatic rings. The van der Waals surface area contributed by atoms with Crippen molar-refractivity contribution in [2.45, 2.75) is 44.0 Å². The highest BCUT2D eigenvalue weighted by Crippen LogP contribution is 2.29. The highest BCUT2D eigenvalue weighted by atomic mass is 32.2. The number of aryl methyl sites for hydroxylation is 2. The molecule has 2 rings (SSSR count). The number of methoxy groups -OCH3 is 1. The van der Waals surface area contributed by atoms with E-state index in [1.165, 1.54) is 17.8 Å². The van der Waals surface area contributed by atoms with E-state index in [9.17, 15) is 13.2 Å². The average Bonchev–Trinajstić information content (AvgIpc) is 3.27. The molecule has 0 radical (unpaired) electrons. The summed E-state index contributed by atoms with van der Waals surface area (Å²) in [5, 5.41) is 0. The van der Waals surface area contributed by atoms with Gasteiger partial charge < -0.3 is 24.2 Å². The Balaban J connectivity index is 1.76. The van der Waals surface area contributed by atoms with Crippen LogP contribution in [0.3, 0.4) is 0 Å². The number of benzene rings is 1. The predicted octanol–water partition coefficient (Wildman–Crippen LogP) is 2.07. The van der Waals surface area contributed by atoms with E-state index in [2.05, 4.69) is 30.9 Å². The van der Waals surface area contributed by atoms with Crippen molar-refractivity contribution < 1.29 is 22.7 Å². The first-order valence-electron chi connectivity index (χ1n) is 12.6. The Morgan fingerprint density at radius 3 is 2.22 bits per heavy atom. The fourth-order valence-electron chi connectivity index (χ4n) is 4.82. The van der Waals surface area contributed by atoms with Crippen LogP contribution in [-0.2, 0) is 19.6 Å². The van der Waals surface area contributed by atoms with Crippen LogP contribution >= 0.6 is 0 Å². The molecule has 1 aliphatic rings. The van der Waals surface area contributed by atoms with Gasteiger partial charge in [-0.1, -0.05) is 0 Å². The van der Waals surface area contributed by atoms with Gasteiger partial charge in [-0.3, -0.25) is 4.79 Å². The fraction of sp³-hybridized carbons (Fsp3) is 0.731. The summed E-state index contributed by atoms with van der Waals surface area (Å²) in [6.07, 6.45) is 3.40. The summed E-state index contributed by atoms with van der Waals surface area (Å²) in [5.74, 6) is 1.05. The molecule has 1 unspecified atom stereocenters. The van der Waals surface area contributed by atoms with Gasteiger partial charge in [0.05, 0.1) is 18.6 Å². The molecule has 9 nitrogen and oxygen atoms in total. The lowest BCUT2D eigenvalue weighted by Crippen LogP contribution is -2.37. The summed E-state index contributed by atoms with van der Waals surface area (Å²) in [6, 6.07) is 4.01. The largest absolute Gasteiger partial charge is 0.497 e. The smallest absolute Gasteiger partial charge is 0.248 e. The number of ether oxygens (including phenoxy) is 2. The summed E-state index contributed by atoms with van der Waals surface area (Å²) < 4.78 is 38.3. The summed E-state index contributed by atoms with van der Waals surface area (Å²) >= 11 is 0. The van der Waals surface area contributed by atoms with Crippen LogP contribution in [0.5, 0.6) is 5.75 Å². The quantitative estimate of drug-likeness (QED) is 0.343. The van der Waals surface area contributed by atoms with Crippen LogP contribution < -0.4 is 4.74 Å². The second-order valence-electron chi connectivity index (χ2n) is 10.4. The molecule has 0 aliphatic heterocycles. The van der Waals surface area contributed by atoms with Crippen LogP contribution in [0.15, 0.2) is 17.0 Å². The third-order valence-corrected chi connectivity index (χ3v) is 9.27. The van der Waals surface area contributed by atoms with E-state index >= 15 is 0 Å². The number of sulfonamides is 1. The van der Waals surface area contributed by atoms with Crippen molar-refractivity contribution in [1.29, 1.82) is 0 Å². The summed E-state index contributed by atoms with van der Waals surface area (Å²) in [5.41, 5.74) is 1.27. The van der Waals surface area contributed by atoms with Crippen molar-refractivity contribution in [3.05, 3.63) is 23.3 Å². The van der Waals surface area contributed by atoms with Gasteiger partial charge in [0.25, 0.3) is 0 Å². The Morgan fingerprint density at radius 2 is 1.64 bits per heavy atom. The Labute approximate surface area is 218 Å². The fourth-order valence-corrected chi connectivity index (χ4v) is 6.38. The zero-order valence-electron chi connectivity index (χ0n) is 23.4. The van der Waals surface area contributed by atoms with Gasteiger partial charge in [-0.25, -0.2) is 8.42 Å². The van der Waals surface area contributed by atoms with Gasteiger partial charge in [0.1, 0.15) is 12.4 Å². The van der Waals surface area contributed by atoms with Gasteiger partial charge in [-0.2, -0.15) is 4.31 Å². The molecule has 0 spiro atoms. The van der Waals surface area contributed by atoms with Gasteiger partial charge >= 0.3 is 0 Å². The molecule has 0 N–H and O–H groups in total. The van der Waals surface area contributed by atoms with Gasteiger partial charge in [0.2, 0.25) is 15.9 Å². The van der Waals surface area contributed by atoms with E-state index in [-0.39, 0.29) is 30.6 Å². The number of nitrogens with zero attached hydrogens (tertiary/aromatic N) is 4. The number of likely N-dealkylation sites (N-methyl/N-ethyl adjacent to an activating group) is 4. The van der Waals surface area contributed by atoms with Crippen molar-refractivity contribution >= 4 is 15.9 Å². The monoisotopic (exact) mass is 526 g/mol. The van der Waals surface area contributed by atoms with E-state index in [4.69, 9.17) is 9.47 Å². The average molecular weight is 527 g/mol. The van der Waals surface area contributed by atoms with Crippen molar-refractivity contribution in [1.82, 2.24) is 19.0 Å². The summed E-state index contributed by atoms with van der Waals surface area (Å²) in [4.78, 5) is 19.2. The topological polar surface area (TPSA) is 82.6 Å². The Hall–Kier alpha value is -1.72. The molecular formula is C26H46N4O5S. The first-order valence-corrected chi connectivity index (χ1v) is 14.1. The van der Waals surface area contributed by atoms with E-state index < -0.39 is 10.0 Å². The molecule has 10 heteroatoms. The molecule has 36 heavy (non-hydrogen) atoms. The second-order valence-corrected chi connectivity index (χ2v) is 12.3. The molecule has 1 fully saturated rings. The normalized spacial score (nSPS) is 18.4. The van der Waals surface area contributed by atoms with Crippen molar-refractivity contribution in [2.24, 2.45) is 5.92 Å². The Bertz CT molecular complexity index is 946. The van der Waals surface area contributed by atoms with E-state index in [1.807, 2.05) is 7.05 Å². The van der Waals surface area contributed by atoms with Gasteiger partial charge in [0, 0.05) is 46.3 Å². The number of carbonyl (C=O) groups excluding carboxylic acids is 1. The zero-order valence-corrected chi connectivity index (χ0v) is 24.2. The molecule has 0 bridgehead atoms. The van der Waals surface area contributed by atoms with Gasteiger partial charge in [-0.15, -0.1) is 0 Å². The SMILES string of the molecule is COc1cc(C)c(S(=O)(=O)N(C)CCOCC(=O)N(C)CC2CC[C@H](N(C)CCN(C)C)C2)c(C)c1. The van der Waals surface area contributed by atoms with Gasteiger partial charge in [-0.05, 0) is 83.4 Å². The number of amides is 1. The summed E-state index contributed by atoms with van der Waals surface area (Å²) in [6.45, 7) is 6.59. The highest BCUT2D eigenvalue weighted by Gasteiger charge is 2.29. The molecule has 0 saturated heterocycles. The number of carbonyl (C=O) groups is 1. The van der Waals surface area contributed by atoms with Crippen molar-refractivity contribution in [3.8, 4) is 5.75 Å². The lowest BCUT2D eigenvalue weighted by atomic mass is 10.1. The number of hydrogen-bond acceptors (Lipinski definition) is 7. The molecular weight excluding hydrogens is 480 g/mol. The maximum absolute atomic E-state index is 13.1. The van der Waals surface area contributed by atoms with Crippen LogP contribution in [0.25, 0.3) is 0 Å². The maximum Gasteiger partial charge on any atom is 0.248 e. The number of hydrogen-bond donors (Lipinski definition) is 0. The minimum atomic E-state index is -3.68. The third kappa shape index (κ3) is 8.41. The Morgan fingerprint density at radius 1 is 1.00 bits per heavy atom. The van der Waals surface area contributed by atoms with Crippen LogP contribution in [0.1, 0.15) is 30.4 Å². The molecule has 206 valence electrons.